The first-order valence-electron chi connectivity index (χ1n) is 13.2. The molecule has 0 bridgehead atoms. The van der Waals surface area contributed by atoms with Gasteiger partial charge in [0.05, 0.1) is 33.6 Å². The number of ether oxygens (including phenoxy) is 1. The topological polar surface area (TPSA) is 93.6 Å². The van der Waals surface area contributed by atoms with Gasteiger partial charge in [0.1, 0.15) is 0 Å². The molecule has 8 heteroatoms. The second-order valence-corrected chi connectivity index (χ2v) is 10.4. The van der Waals surface area contributed by atoms with E-state index in [1.807, 2.05) is 19.1 Å². The number of fused-ring (bicyclic) bond motifs is 2. The van der Waals surface area contributed by atoms with Gasteiger partial charge in [0, 0.05) is 21.5 Å². The Balaban J connectivity index is 1.33. The molecule has 0 spiro atoms. The quantitative estimate of drug-likeness (QED) is 0.122. The number of Topliss-reactive ketones (excluding diaryl/α,β-unsaturated/α-hetero) is 1. The summed E-state index contributed by atoms with van der Waals surface area (Å²) in [5.74, 6) is -1.80. The minimum absolute atomic E-state index is 0.258. The zero-order valence-electron chi connectivity index (χ0n) is 22.6. The van der Waals surface area contributed by atoms with Crippen LogP contribution in [-0.2, 0) is 4.74 Å². The van der Waals surface area contributed by atoms with Gasteiger partial charge in [-0.2, -0.15) is 0 Å². The Morgan fingerprint density at radius 2 is 1.50 bits per heavy atom. The number of anilines is 1. The van der Waals surface area contributed by atoms with Crippen molar-refractivity contribution >= 4 is 51.8 Å². The van der Waals surface area contributed by atoms with Gasteiger partial charge in [-0.15, -0.1) is 0 Å². The third-order valence-electron chi connectivity index (χ3n) is 7.24. The number of para-hydroxylation sites is 1. The van der Waals surface area contributed by atoms with Gasteiger partial charge in [-0.05, 0) is 61.9 Å². The summed E-state index contributed by atoms with van der Waals surface area (Å²) in [6.45, 7) is 3.42. The molecule has 6 rings (SSSR count). The molecule has 1 unspecified atom stereocenters. The zero-order valence-corrected chi connectivity index (χ0v) is 23.4. The predicted octanol–water partition coefficient (Wildman–Crippen LogP) is 7.09. The van der Waals surface area contributed by atoms with E-state index in [0.29, 0.717) is 49.6 Å². The molecule has 2 amide bonds. The molecule has 0 fully saturated rings. The lowest BCUT2D eigenvalue weighted by Crippen LogP contribution is -2.29. The Bertz CT molecular complexity index is 1900. The Morgan fingerprint density at radius 1 is 0.833 bits per heavy atom. The summed E-state index contributed by atoms with van der Waals surface area (Å²) in [4.78, 5) is 58.2. The number of halogens is 1. The largest absolute Gasteiger partial charge is 0.451 e. The van der Waals surface area contributed by atoms with E-state index in [0.717, 1.165) is 10.5 Å². The molecule has 1 atom stereocenters. The number of ketones is 1. The lowest BCUT2D eigenvalue weighted by Gasteiger charge is -2.16. The fourth-order valence-electron chi connectivity index (χ4n) is 5.07. The normalized spacial score (nSPS) is 13.3. The van der Waals surface area contributed by atoms with E-state index in [1.54, 1.807) is 78.9 Å². The number of pyridine rings is 1. The average molecular weight is 575 g/mol. The number of rotatable bonds is 6. The zero-order chi connectivity index (χ0) is 29.5. The standard InChI is InChI=1S/C34H23ClN2O5/c1-19-7-5-12-25-28(34(41)42-20(2)31(38)22-8-6-9-23(35)17-22)18-29(36-30(19)25)21-13-15-24(16-14-21)37-32(39)26-10-3-4-11-27(26)33(37)40/h3-18,20H,1-2H3. The number of hydrogen-bond acceptors (Lipinski definition) is 6. The molecule has 1 aliphatic rings. The minimum Gasteiger partial charge on any atom is -0.451 e. The molecule has 0 saturated carbocycles. The smallest absolute Gasteiger partial charge is 0.339 e. The number of benzene rings is 4. The maximum absolute atomic E-state index is 13.5. The fourth-order valence-corrected chi connectivity index (χ4v) is 5.26. The molecule has 0 N–H and O–H groups in total. The number of imide groups is 1. The molecule has 0 aliphatic carbocycles. The summed E-state index contributed by atoms with van der Waals surface area (Å²) in [5.41, 5.74) is 4.38. The molecule has 4 aromatic carbocycles. The second kappa shape index (κ2) is 10.7. The van der Waals surface area contributed by atoms with E-state index in [-0.39, 0.29) is 23.2 Å². The highest BCUT2D eigenvalue weighted by molar-refractivity contribution is 6.34. The van der Waals surface area contributed by atoms with Crippen molar-refractivity contribution in [1.82, 2.24) is 4.98 Å². The Morgan fingerprint density at radius 3 is 2.17 bits per heavy atom. The van der Waals surface area contributed by atoms with Crippen molar-refractivity contribution in [3.8, 4) is 11.3 Å². The maximum Gasteiger partial charge on any atom is 0.339 e. The van der Waals surface area contributed by atoms with Crippen LogP contribution in [0.2, 0.25) is 5.02 Å². The van der Waals surface area contributed by atoms with Crippen molar-refractivity contribution in [3.05, 3.63) is 130 Å². The molecule has 1 aliphatic heterocycles. The van der Waals surface area contributed by atoms with Crippen LogP contribution in [0, 0.1) is 6.92 Å². The van der Waals surface area contributed by atoms with Crippen LogP contribution in [0.15, 0.2) is 97.1 Å². The molecule has 206 valence electrons. The van der Waals surface area contributed by atoms with Crippen LogP contribution in [0.1, 0.15) is 53.9 Å². The van der Waals surface area contributed by atoms with Gasteiger partial charge >= 0.3 is 5.97 Å². The Hall–Kier alpha value is -5.14. The van der Waals surface area contributed by atoms with Gasteiger partial charge in [0.15, 0.2) is 6.10 Å². The summed E-state index contributed by atoms with van der Waals surface area (Å²) in [5, 5.41) is 1.00. The van der Waals surface area contributed by atoms with E-state index in [9.17, 15) is 19.2 Å². The third-order valence-corrected chi connectivity index (χ3v) is 7.47. The highest BCUT2D eigenvalue weighted by atomic mass is 35.5. The van der Waals surface area contributed by atoms with Crippen LogP contribution >= 0.6 is 11.6 Å². The Kier molecular flexibility index (Phi) is 6.88. The molecule has 5 aromatic rings. The molecule has 0 saturated heterocycles. The molecule has 0 radical (unpaired) electrons. The lowest BCUT2D eigenvalue weighted by atomic mass is 10.0. The van der Waals surface area contributed by atoms with E-state index in [1.165, 1.54) is 13.0 Å². The van der Waals surface area contributed by atoms with Crippen LogP contribution < -0.4 is 4.90 Å². The highest BCUT2D eigenvalue weighted by Crippen LogP contribution is 2.32. The van der Waals surface area contributed by atoms with E-state index >= 15 is 0 Å². The molecule has 42 heavy (non-hydrogen) atoms. The molecular formula is C34H23ClN2O5. The van der Waals surface area contributed by atoms with Crippen LogP contribution in [0.3, 0.4) is 0 Å². The summed E-state index contributed by atoms with van der Waals surface area (Å²) in [6, 6.07) is 27.1. The maximum atomic E-state index is 13.5. The van der Waals surface area contributed by atoms with Crippen molar-refractivity contribution in [2.45, 2.75) is 20.0 Å². The first kappa shape index (κ1) is 27.1. The number of carbonyl (C=O) groups excluding carboxylic acids is 4. The SMILES string of the molecule is Cc1cccc2c(C(=O)OC(C)C(=O)c3cccc(Cl)c3)cc(-c3ccc(N4C(=O)c5ccccc5C4=O)cc3)nc12. The number of aryl methyl sites for hydroxylation is 1. The monoisotopic (exact) mass is 574 g/mol. The molecule has 1 aromatic heterocycles. The van der Waals surface area contributed by atoms with Gasteiger partial charge in [-0.1, -0.05) is 66.2 Å². The number of nitrogens with zero attached hydrogens (tertiary/aromatic N) is 2. The van der Waals surface area contributed by atoms with Crippen molar-refractivity contribution in [3.63, 3.8) is 0 Å². The number of hydrogen-bond donors (Lipinski definition) is 0. The van der Waals surface area contributed by atoms with Crippen molar-refractivity contribution in [2.75, 3.05) is 4.90 Å². The van der Waals surface area contributed by atoms with Crippen LogP contribution in [0.4, 0.5) is 5.69 Å². The van der Waals surface area contributed by atoms with Crippen LogP contribution in [-0.4, -0.2) is 34.7 Å². The van der Waals surface area contributed by atoms with Crippen molar-refractivity contribution in [2.24, 2.45) is 0 Å². The Labute approximate surface area is 246 Å². The predicted molar refractivity (Wildman–Crippen MR) is 160 cm³/mol. The van der Waals surface area contributed by atoms with Crippen LogP contribution in [0.5, 0.6) is 0 Å². The average Bonchev–Trinajstić information content (AvgIpc) is 3.26. The van der Waals surface area contributed by atoms with Crippen molar-refractivity contribution in [1.29, 1.82) is 0 Å². The molecule has 7 nitrogen and oxygen atoms in total. The third kappa shape index (κ3) is 4.74. The number of amides is 2. The highest BCUT2D eigenvalue weighted by Gasteiger charge is 2.36. The lowest BCUT2D eigenvalue weighted by molar-refractivity contribution is 0.0320. The van der Waals surface area contributed by atoms with E-state index in [4.69, 9.17) is 21.3 Å². The fraction of sp³-hybridized carbons (Fsp3) is 0.0882. The number of carbonyl (C=O) groups is 4. The van der Waals surface area contributed by atoms with Crippen molar-refractivity contribution < 1.29 is 23.9 Å². The van der Waals surface area contributed by atoms with Gasteiger partial charge in [-0.3, -0.25) is 14.4 Å². The second-order valence-electron chi connectivity index (χ2n) is 9.99. The summed E-state index contributed by atoms with van der Waals surface area (Å²) < 4.78 is 5.63. The minimum atomic E-state index is -1.05. The summed E-state index contributed by atoms with van der Waals surface area (Å²) >= 11 is 6.03. The number of esters is 1. The first-order chi connectivity index (χ1) is 20.2. The first-order valence-corrected chi connectivity index (χ1v) is 13.6. The summed E-state index contributed by atoms with van der Waals surface area (Å²) in [7, 11) is 0. The summed E-state index contributed by atoms with van der Waals surface area (Å²) in [6.07, 6.45) is -1.05. The van der Waals surface area contributed by atoms with Crippen LogP contribution in [0.25, 0.3) is 22.2 Å². The van der Waals surface area contributed by atoms with Gasteiger partial charge < -0.3 is 4.74 Å². The molecule has 2 heterocycles. The van der Waals surface area contributed by atoms with E-state index in [2.05, 4.69) is 0 Å². The van der Waals surface area contributed by atoms with Gasteiger partial charge in [0.2, 0.25) is 5.78 Å². The van der Waals surface area contributed by atoms with Gasteiger partial charge in [-0.25, -0.2) is 14.7 Å². The van der Waals surface area contributed by atoms with Gasteiger partial charge in [0.25, 0.3) is 11.8 Å². The molecular weight excluding hydrogens is 552 g/mol. The number of aromatic nitrogens is 1. The van der Waals surface area contributed by atoms with E-state index < -0.39 is 12.1 Å².